The Hall–Kier alpha value is -3.35. The minimum atomic E-state index is -0.236. The van der Waals surface area contributed by atoms with E-state index in [0.717, 1.165) is 22.6 Å². The van der Waals surface area contributed by atoms with Crippen LogP contribution in [0.15, 0.2) is 54.7 Å². The lowest BCUT2D eigenvalue weighted by Crippen LogP contribution is -2.26. The van der Waals surface area contributed by atoms with Crippen molar-refractivity contribution in [1.82, 2.24) is 20.3 Å². The Morgan fingerprint density at radius 2 is 1.76 bits per heavy atom. The molecular weight excluding hydrogens is 368 g/mol. The Kier molecular flexibility index (Phi) is 7.22. The maximum atomic E-state index is 12.3. The molecule has 3 aromatic rings. The highest BCUT2D eigenvalue weighted by atomic mass is 16.5. The molecule has 152 valence electrons. The first kappa shape index (κ1) is 20.4. The number of nitrogens with one attached hydrogen (secondary N) is 1. The smallest absolute Gasteiger partial charge is 0.273 e. The first-order valence-corrected chi connectivity index (χ1v) is 9.80. The van der Waals surface area contributed by atoms with Crippen molar-refractivity contribution in [2.45, 2.75) is 26.8 Å². The summed E-state index contributed by atoms with van der Waals surface area (Å²) in [6, 6.07) is 15.8. The summed E-state index contributed by atoms with van der Waals surface area (Å²) in [7, 11) is 0. The third-order valence-electron chi connectivity index (χ3n) is 4.27. The molecule has 0 unspecified atom stereocenters. The van der Waals surface area contributed by atoms with Crippen LogP contribution in [0.3, 0.4) is 0 Å². The van der Waals surface area contributed by atoms with Gasteiger partial charge in [0, 0.05) is 6.54 Å². The highest BCUT2D eigenvalue weighted by Crippen LogP contribution is 2.28. The summed E-state index contributed by atoms with van der Waals surface area (Å²) in [6.07, 6.45) is 2.34. The van der Waals surface area contributed by atoms with Crippen LogP contribution >= 0.6 is 0 Å². The lowest BCUT2D eigenvalue weighted by Gasteiger charge is -2.12. The van der Waals surface area contributed by atoms with E-state index in [0.29, 0.717) is 38.4 Å². The van der Waals surface area contributed by atoms with Gasteiger partial charge in [-0.1, -0.05) is 41.6 Å². The minimum absolute atomic E-state index is 0.236. The van der Waals surface area contributed by atoms with Gasteiger partial charge >= 0.3 is 0 Å². The van der Waals surface area contributed by atoms with E-state index < -0.39 is 0 Å². The molecule has 1 N–H and O–H groups in total. The molecule has 0 radical (unpaired) electrons. The molecule has 0 atom stereocenters. The maximum Gasteiger partial charge on any atom is 0.273 e. The molecule has 1 amide bonds. The standard InChI is InChI=1S/C22H26N4O3/c1-3-28-20-11-10-17(14-21(20)29-4-2)12-13-23-22(27)19-16-26(25-24-19)15-18-8-6-5-7-9-18/h5-11,14,16H,3-4,12-13,15H2,1-2H3,(H,23,27). The van der Waals surface area contributed by atoms with Gasteiger partial charge in [-0.05, 0) is 43.5 Å². The van der Waals surface area contributed by atoms with Crippen LogP contribution in [0.1, 0.15) is 35.5 Å². The fraction of sp³-hybridized carbons (Fsp3) is 0.318. The SMILES string of the molecule is CCOc1ccc(CCNC(=O)c2cn(Cc3ccccc3)nn2)cc1OCC. The summed E-state index contributed by atoms with van der Waals surface area (Å²) < 4.78 is 12.9. The van der Waals surface area contributed by atoms with Crippen LogP contribution in [0.25, 0.3) is 0 Å². The molecule has 0 saturated heterocycles. The van der Waals surface area contributed by atoms with Crippen molar-refractivity contribution in [3.05, 3.63) is 71.5 Å². The van der Waals surface area contributed by atoms with Crippen LogP contribution in [0, 0.1) is 0 Å². The maximum absolute atomic E-state index is 12.3. The highest BCUT2D eigenvalue weighted by Gasteiger charge is 2.11. The number of aromatic nitrogens is 3. The van der Waals surface area contributed by atoms with Gasteiger partial charge in [0.05, 0.1) is 26.0 Å². The quantitative estimate of drug-likeness (QED) is 0.572. The molecule has 1 heterocycles. The summed E-state index contributed by atoms with van der Waals surface area (Å²) in [4.78, 5) is 12.3. The van der Waals surface area contributed by atoms with Gasteiger partial charge in [0.1, 0.15) is 0 Å². The van der Waals surface area contributed by atoms with E-state index in [9.17, 15) is 4.79 Å². The molecule has 0 saturated carbocycles. The molecule has 29 heavy (non-hydrogen) atoms. The summed E-state index contributed by atoms with van der Waals surface area (Å²) in [5.74, 6) is 1.22. The normalized spacial score (nSPS) is 10.6. The molecule has 0 fully saturated rings. The van der Waals surface area contributed by atoms with Gasteiger partial charge in [-0.3, -0.25) is 4.79 Å². The van der Waals surface area contributed by atoms with Gasteiger partial charge < -0.3 is 14.8 Å². The van der Waals surface area contributed by atoms with Crippen molar-refractivity contribution >= 4 is 5.91 Å². The van der Waals surface area contributed by atoms with Crippen LogP contribution in [-0.4, -0.2) is 40.7 Å². The third-order valence-corrected chi connectivity index (χ3v) is 4.27. The second kappa shape index (κ2) is 10.3. The van der Waals surface area contributed by atoms with Crippen molar-refractivity contribution in [1.29, 1.82) is 0 Å². The topological polar surface area (TPSA) is 78.3 Å². The first-order valence-electron chi connectivity index (χ1n) is 9.80. The predicted molar refractivity (Wildman–Crippen MR) is 110 cm³/mol. The molecule has 1 aromatic heterocycles. The molecule has 0 aliphatic rings. The summed E-state index contributed by atoms with van der Waals surface area (Å²) >= 11 is 0. The molecule has 0 bridgehead atoms. The van der Waals surface area contributed by atoms with Crippen molar-refractivity contribution in [3.8, 4) is 11.5 Å². The van der Waals surface area contributed by atoms with E-state index in [1.54, 1.807) is 10.9 Å². The Bertz CT molecular complexity index is 925. The van der Waals surface area contributed by atoms with Gasteiger partial charge in [0.15, 0.2) is 17.2 Å². The van der Waals surface area contributed by atoms with E-state index >= 15 is 0 Å². The van der Waals surface area contributed by atoms with E-state index in [1.165, 1.54) is 0 Å². The van der Waals surface area contributed by atoms with E-state index in [2.05, 4.69) is 15.6 Å². The van der Waals surface area contributed by atoms with Crippen molar-refractivity contribution in [2.75, 3.05) is 19.8 Å². The molecule has 0 aliphatic heterocycles. The highest BCUT2D eigenvalue weighted by molar-refractivity contribution is 5.91. The van der Waals surface area contributed by atoms with Crippen molar-refractivity contribution < 1.29 is 14.3 Å². The number of rotatable bonds is 10. The molecule has 7 heteroatoms. The van der Waals surface area contributed by atoms with Crippen molar-refractivity contribution in [2.24, 2.45) is 0 Å². The predicted octanol–water partition coefficient (Wildman–Crippen LogP) is 3.10. The average Bonchev–Trinajstić information content (AvgIpc) is 3.19. The molecule has 7 nitrogen and oxygen atoms in total. The van der Waals surface area contributed by atoms with Gasteiger partial charge in [0.25, 0.3) is 5.91 Å². The van der Waals surface area contributed by atoms with Crippen LogP contribution in [-0.2, 0) is 13.0 Å². The zero-order valence-electron chi connectivity index (χ0n) is 16.8. The molecule has 0 aliphatic carbocycles. The van der Waals surface area contributed by atoms with Crippen molar-refractivity contribution in [3.63, 3.8) is 0 Å². The Morgan fingerprint density at radius 3 is 2.52 bits per heavy atom. The number of amides is 1. The largest absolute Gasteiger partial charge is 0.490 e. The first-order chi connectivity index (χ1) is 14.2. The number of ether oxygens (including phenoxy) is 2. The second-order valence-electron chi connectivity index (χ2n) is 6.44. The lowest BCUT2D eigenvalue weighted by atomic mass is 10.1. The minimum Gasteiger partial charge on any atom is -0.490 e. The second-order valence-corrected chi connectivity index (χ2v) is 6.44. The zero-order chi connectivity index (χ0) is 20.5. The zero-order valence-corrected chi connectivity index (χ0v) is 16.8. The average molecular weight is 394 g/mol. The number of hydrogen-bond donors (Lipinski definition) is 1. The van der Waals surface area contributed by atoms with E-state index in [1.807, 2.05) is 62.4 Å². The fourth-order valence-electron chi connectivity index (χ4n) is 2.91. The molecule has 3 rings (SSSR count). The molecule has 0 spiro atoms. The number of carbonyl (C=O) groups excluding carboxylic acids is 1. The summed E-state index contributed by atoms with van der Waals surface area (Å²) in [5, 5.41) is 10.9. The molecule has 2 aromatic carbocycles. The van der Waals surface area contributed by atoms with Crippen LogP contribution in [0.4, 0.5) is 0 Å². The van der Waals surface area contributed by atoms with Crippen LogP contribution < -0.4 is 14.8 Å². The van der Waals surface area contributed by atoms with Gasteiger partial charge in [-0.15, -0.1) is 5.10 Å². The van der Waals surface area contributed by atoms with Gasteiger partial charge in [-0.2, -0.15) is 0 Å². The summed E-state index contributed by atoms with van der Waals surface area (Å²) in [6.45, 7) is 6.10. The number of carbonyl (C=O) groups is 1. The summed E-state index contributed by atoms with van der Waals surface area (Å²) in [5.41, 5.74) is 2.47. The van der Waals surface area contributed by atoms with E-state index in [-0.39, 0.29) is 5.91 Å². The van der Waals surface area contributed by atoms with Gasteiger partial charge in [-0.25, -0.2) is 4.68 Å². The number of hydrogen-bond acceptors (Lipinski definition) is 5. The fourth-order valence-corrected chi connectivity index (χ4v) is 2.91. The van der Waals surface area contributed by atoms with Gasteiger partial charge in [0.2, 0.25) is 0 Å². The Labute approximate surface area is 170 Å². The Morgan fingerprint density at radius 1 is 1.00 bits per heavy atom. The molecular formula is C22H26N4O3. The van der Waals surface area contributed by atoms with Crippen LogP contribution in [0.5, 0.6) is 11.5 Å². The van der Waals surface area contributed by atoms with E-state index in [4.69, 9.17) is 9.47 Å². The monoisotopic (exact) mass is 394 g/mol. The van der Waals surface area contributed by atoms with Crippen LogP contribution in [0.2, 0.25) is 0 Å². The third kappa shape index (κ3) is 5.81. The number of nitrogens with zero attached hydrogens (tertiary/aromatic N) is 3. The number of benzene rings is 2. The Balaban J connectivity index is 1.53. The lowest BCUT2D eigenvalue weighted by molar-refractivity contribution is 0.0949.